The number of aliphatic carboxylic acids is 1. The summed E-state index contributed by atoms with van der Waals surface area (Å²) >= 11 is 0. The highest BCUT2D eigenvalue weighted by molar-refractivity contribution is 5.95. The number of β-amino-alcohol motifs (C(OH)–C–C–N with tert-alkyl or cyclic N) is 1. The SMILES string of the molecule is O=C(O)[C@@H]1C[C@H](O)CN1C(=O)c1cn(C2CNC2)nn1. The molecule has 2 atom stereocenters. The fourth-order valence-corrected chi connectivity index (χ4v) is 2.43. The highest BCUT2D eigenvalue weighted by atomic mass is 16.4. The van der Waals surface area contributed by atoms with Gasteiger partial charge in [-0.3, -0.25) is 4.79 Å². The van der Waals surface area contributed by atoms with E-state index in [1.54, 1.807) is 4.68 Å². The van der Waals surface area contributed by atoms with Gasteiger partial charge in [-0.05, 0) is 0 Å². The number of hydrogen-bond acceptors (Lipinski definition) is 6. The zero-order valence-electron chi connectivity index (χ0n) is 10.6. The molecule has 3 heterocycles. The lowest BCUT2D eigenvalue weighted by atomic mass is 10.2. The second-order valence-corrected chi connectivity index (χ2v) is 5.10. The van der Waals surface area contributed by atoms with Gasteiger partial charge in [0.15, 0.2) is 5.69 Å². The number of amides is 1. The van der Waals surface area contributed by atoms with Crippen molar-refractivity contribution >= 4 is 11.9 Å². The molecule has 0 unspecified atom stereocenters. The van der Waals surface area contributed by atoms with E-state index in [0.717, 1.165) is 18.0 Å². The summed E-state index contributed by atoms with van der Waals surface area (Å²) in [5.74, 6) is -1.63. The lowest BCUT2D eigenvalue weighted by Gasteiger charge is -2.26. The van der Waals surface area contributed by atoms with E-state index in [1.165, 1.54) is 6.20 Å². The van der Waals surface area contributed by atoms with Gasteiger partial charge in [-0.15, -0.1) is 5.10 Å². The predicted octanol–water partition coefficient (Wildman–Crippen LogP) is -1.92. The Hall–Kier alpha value is -2.00. The number of aliphatic hydroxyl groups is 1. The average Bonchev–Trinajstić information content (AvgIpc) is 2.93. The molecule has 3 rings (SSSR count). The zero-order valence-corrected chi connectivity index (χ0v) is 10.6. The third kappa shape index (κ3) is 2.14. The molecule has 20 heavy (non-hydrogen) atoms. The Labute approximate surface area is 114 Å². The van der Waals surface area contributed by atoms with Gasteiger partial charge in [0, 0.05) is 26.1 Å². The summed E-state index contributed by atoms with van der Waals surface area (Å²) in [6.07, 6.45) is 0.755. The molecule has 0 aromatic carbocycles. The van der Waals surface area contributed by atoms with Crippen molar-refractivity contribution in [1.82, 2.24) is 25.2 Å². The van der Waals surface area contributed by atoms with Crippen molar-refractivity contribution in [1.29, 1.82) is 0 Å². The molecule has 108 valence electrons. The third-order valence-corrected chi connectivity index (χ3v) is 3.69. The summed E-state index contributed by atoms with van der Waals surface area (Å²) in [5.41, 5.74) is 0.109. The molecule has 3 N–H and O–H groups in total. The van der Waals surface area contributed by atoms with E-state index in [2.05, 4.69) is 15.6 Å². The minimum absolute atomic E-state index is 0.00758. The molecule has 2 aliphatic rings. The first-order valence-electron chi connectivity index (χ1n) is 6.40. The number of carbonyl (C=O) groups excluding carboxylic acids is 1. The fraction of sp³-hybridized carbons (Fsp3) is 0.636. The van der Waals surface area contributed by atoms with Crippen LogP contribution in [0.3, 0.4) is 0 Å². The van der Waals surface area contributed by atoms with Gasteiger partial charge in [0.05, 0.1) is 18.3 Å². The highest BCUT2D eigenvalue weighted by Gasteiger charge is 2.40. The van der Waals surface area contributed by atoms with Gasteiger partial charge >= 0.3 is 5.97 Å². The maximum atomic E-state index is 12.3. The lowest BCUT2D eigenvalue weighted by Crippen LogP contribution is -2.43. The Bertz CT molecular complexity index is 541. The number of hydrogen-bond donors (Lipinski definition) is 3. The van der Waals surface area contributed by atoms with Crippen molar-refractivity contribution in [2.75, 3.05) is 19.6 Å². The molecule has 2 aliphatic heterocycles. The summed E-state index contributed by atoms with van der Waals surface area (Å²) in [6.45, 7) is 1.56. The smallest absolute Gasteiger partial charge is 0.326 e. The van der Waals surface area contributed by atoms with Crippen molar-refractivity contribution < 1.29 is 19.8 Å². The van der Waals surface area contributed by atoms with E-state index < -0.39 is 24.0 Å². The van der Waals surface area contributed by atoms with Crippen LogP contribution < -0.4 is 5.32 Å². The highest BCUT2D eigenvalue weighted by Crippen LogP contribution is 2.20. The summed E-state index contributed by atoms with van der Waals surface area (Å²) in [4.78, 5) is 24.5. The largest absolute Gasteiger partial charge is 0.480 e. The molecule has 0 bridgehead atoms. The van der Waals surface area contributed by atoms with Crippen LogP contribution in [0, 0.1) is 0 Å². The normalized spacial score (nSPS) is 26.6. The number of aliphatic hydroxyl groups excluding tert-OH is 1. The van der Waals surface area contributed by atoms with Crippen LogP contribution in [0.2, 0.25) is 0 Å². The van der Waals surface area contributed by atoms with Crippen LogP contribution in [0.4, 0.5) is 0 Å². The van der Waals surface area contributed by atoms with Crippen LogP contribution in [0.1, 0.15) is 23.0 Å². The van der Waals surface area contributed by atoms with Crippen molar-refractivity contribution in [3.8, 4) is 0 Å². The second-order valence-electron chi connectivity index (χ2n) is 5.10. The van der Waals surface area contributed by atoms with E-state index >= 15 is 0 Å². The maximum absolute atomic E-state index is 12.3. The van der Waals surface area contributed by atoms with E-state index in [9.17, 15) is 14.7 Å². The minimum atomic E-state index is -1.12. The van der Waals surface area contributed by atoms with Crippen molar-refractivity contribution in [2.45, 2.75) is 24.6 Å². The number of aromatic nitrogens is 3. The van der Waals surface area contributed by atoms with Crippen LogP contribution in [0.5, 0.6) is 0 Å². The van der Waals surface area contributed by atoms with E-state index in [4.69, 9.17) is 5.11 Å². The molecule has 2 fully saturated rings. The number of carboxylic acid groups (broad SMARTS) is 1. The Balaban J connectivity index is 1.77. The Morgan fingerprint density at radius 2 is 2.15 bits per heavy atom. The van der Waals surface area contributed by atoms with Gasteiger partial charge in [-0.1, -0.05) is 5.21 Å². The van der Waals surface area contributed by atoms with E-state index in [-0.39, 0.29) is 24.7 Å². The Morgan fingerprint density at radius 3 is 2.75 bits per heavy atom. The number of rotatable bonds is 3. The van der Waals surface area contributed by atoms with Gasteiger partial charge in [0.2, 0.25) is 0 Å². The number of carboxylic acids is 1. The quantitative estimate of drug-likeness (QED) is 0.590. The second kappa shape index (κ2) is 4.84. The lowest BCUT2D eigenvalue weighted by molar-refractivity contribution is -0.141. The van der Waals surface area contributed by atoms with Crippen molar-refractivity contribution in [2.24, 2.45) is 0 Å². The van der Waals surface area contributed by atoms with Crippen LogP contribution in [-0.2, 0) is 4.79 Å². The van der Waals surface area contributed by atoms with Crippen LogP contribution in [0.25, 0.3) is 0 Å². The van der Waals surface area contributed by atoms with Gasteiger partial charge in [-0.2, -0.15) is 0 Å². The molecule has 0 saturated carbocycles. The molecular formula is C11H15N5O4. The van der Waals surface area contributed by atoms with Gasteiger partial charge < -0.3 is 20.4 Å². The molecule has 2 saturated heterocycles. The summed E-state index contributed by atoms with van der Waals surface area (Å²) < 4.78 is 1.60. The summed E-state index contributed by atoms with van der Waals surface area (Å²) in [5, 5.41) is 29.4. The maximum Gasteiger partial charge on any atom is 0.326 e. The van der Waals surface area contributed by atoms with Gasteiger partial charge in [0.25, 0.3) is 5.91 Å². The molecule has 0 spiro atoms. The standard InChI is InChI=1S/C11H15N5O4/c17-7-1-9(11(19)20)15(4-7)10(18)8-5-16(14-13-8)6-2-12-3-6/h5-7,9,12,17H,1-4H2,(H,19,20)/t7-,9-/m0/s1. The molecule has 1 aromatic heterocycles. The van der Waals surface area contributed by atoms with Crippen molar-refractivity contribution in [3.63, 3.8) is 0 Å². The fourth-order valence-electron chi connectivity index (χ4n) is 2.43. The number of nitrogens with one attached hydrogen (secondary N) is 1. The van der Waals surface area contributed by atoms with Crippen LogP contribution in [0.15, 0.2) is 6.20 Å². The average molecular weight is 281 g/mol. The predicted molar refractivity (Wildman–Crippen MR) is 65.0 cm³/mol. The topological polar surface area (TPSA) is 121 Å². The van der Waals surface area contributed by atoms with Crippen LogP contribution in [-0.4, -0.2) is 73.8 Å². The Kier molecular flexibility index (Phi) is 3.14. The first-order valence-corrected chi connectivity index (χ1v) is 6.40. The molecular weight excluding hydrogens is 266 g/mol. The number of nitrogens with zero attached hydrogens (tertiary/aromatic N) is 4. The number of likely N-dealkylation sites (tertiary alicyclic amines) is 1. The number of carbonyl (C=O) groups is 2. The molecule has 9 heteroatoms. The summed E-state index contributed by atoms with van der Waals surface area (Å²) in [6, 6.07) is -0.823. The zero-order chi connectivity index (χ0) is 14.3. The molecule has 0 aliphatic carbocycles. The summed E-state index contributed by atoms with van der Waals surface area (Å²) in [7, 11) is 0. The Morgan fingerprint density at radius 1 is 1.40 bits per heavy atom. The van der Waals surface area contributed by atoms with Gasteiger partial charge in [-0.25, -0.2) is 9.48 Å². The minimum Gasteiger partial charge on any atom is -0.480 e. The molecule has 0 radical (unpaired) electrons. The van der Waals surface area contributed by atoms with E-state index in [1.807, 2.05) is 0 Å². The molecule has 9 nitrogen and oxygen atoms in total. The third-order valence-electron chi connectivity index (χ3n) is 3.69. The van der Waals surface area contributed by atoms with Gasteiger partial charge in [0.1, 0.15) is 6.04 Å². The first kappa shape index (κ1) is 13.0. The first-order chi connectivity index (χ1) is 9.56. The molecule has 1 aromatic rings. The van der Waals surface area contributed by atoms with E-state index in [0.29, 0.717) is 0 Å². The van der Waals surface area contributed by atoms with Crippen molar-refractivity contribution in [3.05, 3.63) is 11.9 Å². The monoisotopic (exact) mass is 281 g/mol. The molecule has 1 amide bonds. The van der Waals surface area contributed by atoms with Crippen LogP contribution >= 0.6 is 0 Å².